The molecule has 2 saturated heterocycles. The first kappa shape index (κ1) is 13.4. The van der Waals surface area contributed by atoms with E-state index in [2.05, 4.69) is 31.0 Å². The van der Waals surface area contributed by atoms with Crippen molar-refractivity contribution in [2.45, 2.75) is 46.5 Å². The van der Waals surface area contributed by atoms with Gasteiger partial charge in [0, 0.05) is 13.1 Å². The first-order chi connectivity index (χ1) is 8.12. The van der Waals surface area contributed by atoms with E-state index in [0.29, 0.717) is 5.41 Å². The highest BCUT2D eigenvalue weighted by Crippen LogP contribution is 2.34. The van der Waals surface area contributed by atoms with Gasteiger partial charge in [0.2, 0.25) is 0 Å². The van der Waals surface area contributed by atoms with Crippen molar-refractivity contribution >= 4 is 0 Å². The molecule has 0 spiro atoms. The van der Waals surface area contributed by atoms with Gasteiger partial charge in [0.1, 0.15) is 0 Å². The second-order valence-electron chi connectivity index (χ2n) is 6.83. The molecule has 2 rings (SSSR count). The average molecular weight is 238 g/mol. The summed E-state index contributed by atoms with van der Waals surface area (Å²) in [5, 5.41) is 3.57. The van der Waals surface area contributed by atoms with Crippen LogP contribution in [0.15, 0.2) is 0 Å². The van der Waals surface area contributed by atoms with Crippen molar-refractivity contribution in [3.63, 3.8) is 0 Å². The minimum atomic E-state index is 0.482. The molecule has 2 aliphatic heterocycles. The van der Waals surface area contributed by atoms with E-state index in [-0.39, 0.29) is 0 Å². The number of piperidine rings is 1. The van der Waals surface area contributed by atoms with Gasteiger partial charge in [-0.1, -0.05) is 27.2 Å². The number of likely N-dealkylation sites (tertiary alicyclic amines) is 1. The molecular formula is C15H30N2. The van der Waals surface area contributed by atoms with Crippen LogP contribution in [0.5, 0.6) is 0 Å². The quantitative estimate of drug-likeness (QED) is 0.810. The average Bonchev–Trinajstić information content (AvgIpc) is 2.77. The molecule has 0 aliphatic carbocycles. The Kier molecular flexibility index (Phi) is 4.48. The Morgan fingerprint density at radius 2 is 2.12 bits per heavy atom. The summed E-state index contributed by atoms with van der Waals surface area (Å²) in [7, 11) is 0. The van der Waals surface area contributed by atoms with E-state index in [4.69, 9.17) is 0 Å². The second kappa shape index (κ2) is 5.71. The molecule has 0 aromatic carbocycles. The first-order valence-corrected chi connectivity index (χ1v) is 7.55. The summed E-state index contributed by atoms with van der Waals surface area (Å²) in [5.74, 6) is 1.84. The summed E-state index contributed by atoms with van der Waals surface area (Å²) in [6, 6.07) is 0. The third-order valence-corrected chi connectivity index (χ3v) is 4.98. The maximum atomic E-state index is 3.57. The van der Waals surface area contributed by atoms with Crippen LogP contribution < -0.4 is 5.32 Å². The Morgan fingerprint density at radius 1 is 1.29 bits per heavy atom. The van der Waals surface area contributed by atoms with Crippen molar-refractivity contribution in [1.82, 2.24) is 10.2 Å². The van der Waals surface area contributed by atoms with Gasteiger partial charge in [0.15, 0.2) is 0 Å². The minimum absolute atomic E-state index is 0.482. The molecule has 2 heteroatoms. The topological polar surface area (TPSA) is 15.3 Å². The number of hydrogen-bond donors (Lipinski definition) is 1. The predicted octanol–water partition coefficient (Wildman–Crippen LogP) is 2.74. The van der Waals surface area contributed by atoms with Crippen molar-refractivity contribution in [1.29, 1.82) is 0 Å². The molecule has 0 bridgehead atoms. The minimum Gasteiger partial charge on any atom is -0.316 e. The van der Waals surface area contributed by atoms with E-state index in [1.54, 1.807) is 0 Å². The molecule has 2 heterocycles. The van der Waals surface area contributed by atoms with Crippen molar-refractivity contribution in [3.05, 3.63) is 0 Å². The van der Waals surface area contributed by atoms with Crippen molar-refractivity contribution in [2.24, 2.45) is 17.3 Å². The molecule has 2 fully saturated rings. The van der Waals surface area contributed by atoms with Gasteiger partial charge >= 0.3 is 0 Å². The van der Waals surface area contributed by atoms with Crippen LogP contribution in [0.1, 0.15) is 46.5 Å². The second-order valence-corrected chi connectivity index (χ2v) is 6.83. The van der Waals surface area contributed by atoms with Gasteiger partial charge in [-0.05, 0) is 56.1 Å². The molecule has 0 amide bonds. The number of rotatable bonds is 4. The number of hydrogen-bond acceptors (Lipinski definition) is 2. The zero-order valence-electron chi connectivity index (χ0n) is 12.0. The molecule has 2 aliphatic rings. The highest BCUT2D eigenvalue weighted by atomic mass is 15.2. The van der Waals surface area contributed by atoms with Crippen LogP contribution in [0, 0.1) is 17.3 Å². The molecule has 0 saturated carbocycles. The Balaban J connectivity index is 1.83. The Labute approximate surface area is 107 Å². The molecule has 17 heavy (non-hydrogen) atoms. The van der Waals surface area contributed by atoms with Crippen LogP contribution in [-0.4, -0.2) is 37.6 Å². The summed E-state index contributed by atoms with van der Waals surface area (Å²) in [6.07, 6.45) is 5.58. The SMILES string of the molecule is CCC1CCN(CC(C)(C)C2CCCNC2)C1. The van der Waals surface area contributed by atoms with Gasteiger partial charge in [0.05, 0.1) is 0 Å². The largest absolute Gasteiger partial charge is 0.316 e. The fourth-order valence-corrected chi connectivity index (χ4v) is 3.61. The molecule has 0 aromatic rings. The van der Waals surface area contributed by atoms with Crippen molar-refractivity contribution in [2.75, 3.05) is 32.7 Å². The van der Waals surface area contributed by atoms with Crippen LogP contribution in [0.25, 0.3) is 0 Å². The van der Waals surface area contributed by atoms with Gasteiger partial charge in [-0.25, -0.2) is 0 Å². The fraction of sp³-hybridized carbons (Fsp3) is 1.00. The van der Waals surface area contributed by atoms with Gasteiger partial charge in [0.25, 0.3) is 0 Å². The van der Waals surface area contributed by atoms with Crippen LogP contribution in [-0.2, 0) is 0 Å². The normalized spacial score (nSPS) is 31.9. The van der Waals surface area contributed by atoms with Gasteiger partial charge in [-0.15, -0.1) is 0 Å². The molecule has 0 aromatic heterocycles. The standard InChI is InChI=1S/C15H30N2/c1-4-13-7-9-17(11-13)12-15(2,3)14-6-5-8-16-10-14/h13-14,16H,4-12H2,1-3H3. The highest BCUT2D eigenvalue weighted by Gasteiger charge is 2.34. The predicted molar refractivity (Wildman–Crippen MR) is 74.2 cm³/mol. The smallest absolute Gasteiger partial charge is 0.00359 e. The number of nitrogens with one attached hydrogen (secondary N) is 1. The lowest BCUT2D eigenvalue weighted by Gasteiger charge is -2.40. The third kappa shape index (κ3) is 3.45. The van der Waals surface area contributed by atoms with Crippen molar-refractivity contribution < 1.29 is 0 Å². The molecular weight excluding hydrogens is 208 g/mol. The molecule has 100 valence electrons. The maximum absolute atomic E-state index is 3.57. The van der Waals surface area contributed by atoms with Gasteiger partial charge in [-0.2, -0.15) is 0 Å². The molecule has 2 unspecified atom stereocenters. The van der Waals surface area contributed by atoms with Crippen molar-refractivity contribution in [3.8, 4) is 0 Å². The van der Waals surface area contributed by atoms with Crippen LogP contribution >= 0.6 is 0 Å². The summed E-state index contributed by atoms with van der Waals surface area (Å²) in [4.78, 5) is 2.71. The van der Waals surface area contributed by atoms with Gasteiger partial charge < -0.3 is 10.2 Å². The molecule has 2 atom stereocenters. The van der Waals surface area contributed by atoms with Crippen LogP contribution in [0.2, 0.25) is 0 Å². The monoisotopic (exact) mass is 238 g/mol. The van der Waals surface area contributed by atoms with E-state index in [0.717, 1.165) is 11.8 Å². The Bertz CT molecular complexity index is 231. The summed E-state index contributed by atoms with van der Waals surface area (Å²) < 4.78 is 0. The number of nitrogens with zero attached hydrogens (tertiary/aromatic N) is 1. The highest BCUT2D eigenvalue weighted by molar-refractivity contribution is 4.87. The zero-order chi connectivity index (χ0) is 12.3. The van der Waals surface area contributed by atoms with E-state index in [1.165, 1.54) is 58.4 Å². The molecule has 0 radical (unpaired) electrons. The maximum Gasteiger partial charge on any atom is 0.00359 e. The van der Waals surface area contributed by atoms with Crippen LogP contribution in [0.4, 0.5) is 0 Å². The summed E-state index contributed by atoms with van der Waals surface area (Å²) in [5.41, 5.74) is 0.482. The summed E-state index contributed by atoms with van der Waals surface area (Å²) >= 11 is 0. The first-order valence-electron chi connectivity index (χ1n) is 7.55. The lowest BCUT2D eigenvalue weighted by molar-refractivity contribution is 0.111. The van der Waals surface area contributed by atoms with E-state index < -0.39 is 0 Å². The fourth-order valence-electron chi connectivity index (χ4n) is 3.61. The van der Waals surface area contributed by atoms with Crippen LogP contribution in [0.3, 0.4) is 0 Å². The van der Waals surface area contributed by atoms with Gasteiger partial charge in [-0.3, -0.25) is 0 Å². The Hall–Kier alpha value is -0.0800. The summed E-state index contributed by atoms with van der Waals surface area (Å²) in [6.45, 7) is 13.7. The molecule has 2 nitrogen and oxygen atoms in total. The zero-order valence-corrected chi connectivity index (χ0v) is 12.0. The van der Waals surface area contributed by atoms with E-state index in [9.17, 15) is 0 Å². The Morgan fingerprint density at radius 3 is 2.71 bits per heavy atom. The molecule has 1 N–H and O–H groups in total. The lowest BCUT2D eigenvalue weighted by Crippen LogP contribution is -2.44. The van der Waals surface area contributed by atoms with E-state index >= 15 is 0 Å². The van der Waals surface area contributed by atoms with E-state index in [1.807, 2.05) is 0 Å². The third-order valence-electron chi connectivity index (χ3n) is 4.98. The lowest BCUT2D eigenvalue weighted by atomic mass is 9.74.